The maximum absolute atomic E-state index is 12.0. The number of benzene rings is 1. The fourth-order valence-electron chi connectivity index (χ4n) is 1.83. The molecule has 6 heteroatoms. The van der Waals surface area contributed by atoms with E-state index in [2.05, 4.69) is 15.5 Å². The summed E-state index contributed by atoms with van der Waals surface area (Å²) in [7, 11) is 0. The van der Waals surface area contributed by atoms with Crippen molar-refractivity contribution in [2.75, 3.05) is 5.32 Å². The summed E-state index contributed by atoms with van der Waals surface area (Å²) in [6.45, 7) is 0. The van der Waals surface area contributed by atoms with Gasteiger partial charge in [-0.15, -0.1) is 0 Å². The highest BCUT2D eigenvalue weighted by Gasteiger charge is 2.26. The minimum atomic E-state index is -0.262. The Morgan fingerprint density at radius 1 is 1.26 bits per heavy atom. The predicted molar refractivity (Wildman–Crippen MR) is 75.0 cm³/mol. The molecule has 1 aliphatic rings. The number of H-pyrrole nitrogens is 1. The number of hydrogen-bond donors (Lipinski definition) is 2. The molecule has 2 N–H and O–H groups in total. The Morgan fingerprint density at radius 3 is 2.74 bits per heavy atom. The van der Waals surface area contributed by atoms with Gasteiger partial charge in [0.2, 0.25) is 0 Å². The Kier molecular flexibility index (Phi) is 3.21. The molecule has 1 aromatic carbocycles. The van der Waals surface area contributed by atoms with Crippen LogP contribution in [0.4, 0.5) is 5.69 Å². The second-order valence-corrected chi connectivity index (χ2v) is 5.38. The molecule has 0 bridgehead atoms. The average molecular weight is 296 g/mol. The van der Waals surface area contributed by atoms with Crippen molar-refractivity contribution < 1.29 is 4.79 Å². The number of hydrogen-bond acceptors (Lipinski definition) is 2. The van der Waals surface area contributed by atoms with Crippen molar-refractivity contribution in [2.24, 2.45) is 0 Å². The van der Waals surface area contributed by atoms with Crippen LogP contribution in [0.15, 0.2) is 24.3 Å². The highest BCUT2D eigenvalue weighted by molar-refractivity contribution is 6.42. The second kappa shape index (κ2) is 4.87. The Morgan fingerprint density at radius 2 is 2.05 bits per heavy atom. The van der Waals surface area contributed by atoms with Crippen LogP contribution in [0.1, 0.15) is 34.9 Å². The number of carbonyl (C=O) groups is 1. The number of aromatic nitrogens is 2. The van der Waals surface area contributed by atoms with Crippen molar-refractivity contribution in [1.29, 1.82) is 0 Å². The quantitative estimate of drug-likeness (QED) is 0.904. The third kappa shape index (κ3) is 2.74. The van der Waals surface area contributed by atoms with Crippen LogP contribution >= 0.6 is 23.2 Å². The van der Waals surface area contributed by atoms with Crippen LogP contribution in [-0.2, 0) is 0 Å². The van der Waals surface area contributed by atoms with Crippen LogP contribution in [-0.4, -0.2) is 16.1 Å². The van der Waals surface area contributed by atoms with Gasteiger partial charge in [0.1, 0.15) is 0 Å². The van der Waals surface area contributed by atoms with E-state index >= 15 is 0 Å². The summed E-state index contributed by atoms with van der Waals surface area (Å²) >= 11 is 11.7. The highest BCUT2D eigenvalue weighted by atomic mass is 35.5. The molecule has 0 radical (unpaired) electrons. The molecule has 0 aliphatic heterocycles. The third-order valence-corrected chi connectivity index (χ3v) is 3.76. The maximum Gasteiger partial charge on any atom is 0.276 e. The van der Waals surface area contributed by atoms with Gasteiger partial charge in [0.25, 0.3) is 5.91 Å². The van der Waals surface area contributed by atoms with Crippen LogP contribution in [0.5, 0.6) is 0 Å². The second-order valence-electron chi connectivity index (χ2n) is 4.57. The summed E-state index contributed by atoms with van der Waals surface area (Å²) in [5.41, 5.74) is 2.00. The minimum Gasteiger partial charge on any atom is -0.321 e. The van der Waals surface area contributed by atoms with Gasteiger partial charge >= 0.3 is 0 Å². The molecule has 4 nitrogen and oxygen atoms in total. The van der Waals surface area contributed by atoms with Crippen molar-refractivity contribution in [3.8, 4) is 0 Å². The van der Waals surface area contributed by atoms with Crippen molar-refractivity contribution in [2.45, 2.75) is 18.8 Å². The molecule has 1 amide bonds. The van der Waals surface area contributed by atoms with Gasteiger partial charge in [0, 0.05) is 17.3 Å². The van der Waals surface area contributed by atoms with E-state index in [1.807, 2.05) is 0 Å². The van der Waals surface area contributed by atoms with E-state index in [0.29, 0.717) is 27.3 Å². The lowest BCUT2D eigenvalue weighted by Gasteiger charge is -2.04. The number of aromatic amines is 1. The summed E-state index contributed by atoms with van der Waals surface area (Å²) in [4.78, 5) is 12.0. The largest absolute Gasteiger partial charge is 0.321 e. The zero-order valence-corrected chi connectivity index (χ0v) is 11.4. The van der Waals surface area contributed by atoms with Gasteiger partial charge in [0.15, 0.2) is 5.69 Å². The number of anilines is 1. The molecule has 1 aromatic heterocycles. The zero-order chi connectivity index (χ0) is 13.4. The molecule has 1 fully saturated rings. The van der Waals surface area contributed by atoms with Crippen molar-refractivity contribution in [3.05, 3.63) is 45.7 Å². The molecule has 98 valence electrons. The molecule has 1 aliphatic carbocycles. The summed E-state index contributed by atoms with van der Waals surface area (Å²) in [5, 5.41) is 10.5. The molecule has 3 rings (SSSR count). The first kappa shape index (κ1) is 12.5. The van der Waals surface area contributed by atoms with Crippen molar-refractivity contribution in [1.82, 2.24) is 10.2 Å². The molecule has 0 atom stereocenters. The lowest BCUT2D eigenvalue weighted by atomic mass is 10.2. The van der Waals surface area contributed by atoms with Crippen LogP contribution in [0, 0.1) is 0 Å². The van der Waals surface area contributed by atoms with Crippen molar-refractivity contribution in [3.63, 3.8) is 0 Å². The molecule has 1 saturated carbocycles. The van der Waals surface area contributed by atoms with Crippen LogP contribution in [0.25, 0.3) is 0 Å². The van der Waals surface area contributed by atoms with Crippen LogP contribution < -0.4 is 5.32 Å². The highest BCUT2D eigenvalue weighted by Crippen LogP contribution is 2.39. The standard InChI is InChI=1S/C13H11Cl2N3O/c14-9-4-3-8(5-10(9)15)16-13(19)12-6-11(17-18-12)7-1-2-7/h3-7H,1-2H2,(H,16,19)(H,17,18). The monoisotopic (exact) mass is 295 g/mol. The lowest BCUT2D eigenvalue weighted by Crippen LogP contribution is -2.12. The van der Waals surface area contributed by atoms with E-state index in [9.17, 15) is 4.79 Å². The fourth-order valence-corrected chi connectivity index (χ4v) is 2.12. The molecular formula is C13H11Cl2N3O. The maximum atomic E-state index is 12.0. The summed E-state index contributed by atoms with van der Waals surface area (Å²) in [6.07, 6.45) is 2.33. The number of nitrogens with zero attached hydrogens (tertiary/aromatic N) is 1. The SMILES string of the molecule is O=C(Nc1ccc(Cl)c(Cl)c1)c1cc(C2CC2)[nH]n1. The molecular weight excluding hydrogens is 285 g/mol. The van der Waals surface area contributed by atoms with Gasteiger partial charge in [-0.05, 0) is 37.1 Å². The number of amides is 1. The summed E-state index contributed by atoms with van der Waals surface area (Å²) < 4.78 is 0. The molecule has 0 spiro atoms. The van der Waals surface area contributed by atoms with E-state index in [4.69, 9.17) is 23.2 Å². The first-order valence-corrected chi connectivity index (χ1v) is 6.71. The van der Waals surface area contributed by atoms with Crippen LogP contribution in [0.2, 0.25) is 10.0 Å². The van der Waals surface area contributed by atoms with E-state index < -0.39 is 0 Å². The molecule has 19 heavy (non-hydrogen) atoms. The molecule has 0 unspecified atom stereocenters. The third-order valence-electron chi connectivity index (χ3n) is 3.02. The first-order chi connectivity index (χ1) is 9.13. The minimum absolute atomic E-state index is 0.262. The molecule has 1 heterocycles. The number of carbonyl (C=O) groups excluding carboxylic acids is 1. The van der Waals surface area contributed by atoms with Gasteiger partial charge in [0.05, 0.1) is 10.0 Å². The number of rotatable bonds is 3. The Hall–Kier alpha value is -1.52. The Bertz CT molecular complexity index is 635. The van der Waals surface area contributed by atoms with Gasteiger partial charge in [-0.3, -0.25) is 9.89 Å². The number of nitrogens with one attached hydrogen (secondary N) is 2. The van der Waals surface area contributed by atoms with Gasteiger partial charge in [-0.25, -0.2) is 0 Å². The van der Waals surface area contributed by atoms with Crippen molar-refractivity contribution >= 4 is 34.8 Å². The molecule has 2 aromatic rings. The Balaban J connectivity index is 1.74. The average Bonchev–Trinajstić information content (AvgIpc) is 3.11. The summed E-state index contributed by atoms with van der Waals surface area (Å²) in [6, 6.07) is 6.74. The zero-order valence-electron chi connectivity index (χ0n) is 9.91. The van der Waals surface area contributed by atoms with E-state index in [0.717, 1.165) is 18.5 Å². The topological polar surface area (TPSA) is 57.8 Å². The van der Waals surface area contributed by atoms with Crippen LogP contribution in [0.3, 0.4) is 0 Å². The van der Waals surface area contributed by atoms with Gasteiger partial charge in [-0.2, -0.15) is 5.10 Å². The number of halogens is 2. The van der Waals surface area contributed by atoms with Gasteiger partial charge < -0.3 is 5.32 Å². The molecule has 0 saturated heterocycles. The summed E-state index contributed by atoms with van der Waals surface area (Å²) in [5.74, 6) is 0.278. The predicted octanol–water partition coefficient (Wildman–Crippen LogP) is 3.85. The first-order valence-electron chi connectivity index (χ1n) is 5.95. The lowest BCUT2D eigenvalue weighted by molar-refractivity contribution is 0.102. The Labute approximate surface area is 120 Å². The van der Waals surface area contributed by atoms with Gasteiger partial charge in [-0.1, -0.05) is 23.2 Å². The van der Waals surface area contributed by atoms with E-state index in [-0.39, 0.29) is 5.91 Å². The normalized spacial score (nSPS) is 14.4. The van der Waals surface area contributed by atoms with E-state index in [1.54, 1.807) is 24.3 Å². The smallest absolute Gasteiger partial charge is 0.276 e. The van der Waals surface area contributed by atoms with E-state index in [1.165, 1.54) is 0 Å². The fraction of sp³-hybridized carbons (Fsp3) is 0.231.